The minimum atomic E-state index is -1.43. The molecule has 1 heterocycles. The second-order valence-electron chi connectivity index (χ2n) is 10.8. The molecule has 166 valence electrons. The van der Waals surface area contributed by atoms with E-state index in [9.17, 15) is 14.7 Å². The number of aliphatic hydroxyl groups is 1. The summed E-state index contributed by atoms with van der Waals surface area (Å²) in [5, 5.41) is 13.5. The van der Waals surface area contributed by atoms with E-state index in [2.05, 4.69) is 45.2 Å². The Labute approximate surface area is 181 Å². The zero-order chi connectivity index (χ0) is 22.4. The molecule has 0 spiro atoms. The van der Waals surface area contributed by atoms with Crippen molar-refractivity contribution in [2.45, 2.75) is 79.9 Å². The van der Waals surface area contributed by atoms with Gasteiger partial charge in [-0.25, -0.2) is 0 Å². The van der Waals surface area contributed by atoms with E-state index in [0.717, 1.165) is 19.3 Å². The van der Waals surface area contributed by atoms with Crippen molar-refractivity contribution in [2.75, 3.05) is 0 Å². The maximum Gasteiger partial charge on any atom is 0.257 e. The Balaban J connectivity index is 2.06. The maximum atomic E-state index is 13.9. The lowest BCUT2D eigenvalue weighted by molar-refractivity contribution is -0.129. The van der Waals surface area contributed by atoms with Gasteiger partial charge in [0.05, 0.1) is 5.57 Å². The number of hydrogen-bond acceptors (Lipinski definition) is 3. The van der Waals surface area contributed by atoms with Crippen LogP contribution in [0.25, 0.3) is 0 Å². The van der Waals surface area contributed by atoms with Crippen LogP contribution in [-0.4, -0.2) is 22.5 Å². The van der Waals surface area contributed by atoms with Gasteiger partial charge in [-0.1, -0.05) is 57.4 Å². The number of Topliss-reactive ketones (excluding diaryl/α,β-unsaturated/α-hetero) is 1. The average Bonchev–Trinajstić information content (AvgIpc) is 2.91. The van der Waals surface area contributed by atoms with Crippen LogP contribution >= 0.6 is 0 Å². The summed E-state index contributed by atoms with van der Waals surface area (Å²) < 4.78 is 0. The van der Waals surface area contributed by atoms with Crippen LogP contribution in [0, 0.1) is 35.0 Å². The molecule has 0 bridgehead atoms. The van der Waals surface area contributed by atoms with Gasteiger partial charge in [0.1, 0.15) is 0 Å². The van der Waals surface area contributed by atoms with E-state index in [1.165, 1.54) is 17.2 Å². The summed E-state index contributed by atoms with van der Waals surface area (Å²) in [5.41, 5.74) is 1.10. The molecule has 1 fully saturated rings. The third-order valence-electron chi connectivity index (χ3n) is 7.64. The van der Waals surface area contributed by atoms with Crippen LogP contribution < -0.4 is 5.32 Å². The Hall–Kier alpha value is -1.68. The summed E-state index contributed by atoms with van der Waals surface area (Å²) in [5.74, 6) is 0.258. The van der Waals surface area contributed by atoms with Crippen molar-refractivity contribution in [3.63, 3.8) is 0 Å². The van der Waals surface area contributed by atoms with E-state index in [1.54, 1.807) is 0 Å². The predicted octanol–water partition coefficient (Wildman–Crippen LogP) is 4.95. The maximum absolute atomic E-state index is 13.9. The first-order valence-corrected chi connectivity index (χ1v) is 11.5. The highest BCUT2D eigenvalue weighted by atomic mass is 16.3. The largest absolute Gasteiger partial charge is 0.367 e. The Morgan fingerprint density at radius 2 is 2.00 bits per heavy atom. The van der Waals surface area contributed by atoms with Crippen LogP contribution in [-0.2, 0) is 9.59 Å². The molecule has 6 unspecified atom stereocenters. The fraction of sp³-hybridized carbons (Fsp3) is 0.692. The molecule has 0 aromatic heterocycles. The monoisotopic (exact) mass is 413 g/mol. The molecule has 2 N–H and O–H groups in total. The van der Waals surface area contributed by atoms with Crippen LogP contribution in [0.1, 0.15) is 74.1 Å². The molecule has 30 heavy (non-hydrogen) atoms. The molecule has 1 aliphatic heterocycles. The Morgan fingerprint density at radius 1 is 1.33 bits per heavy atom. The molecule has 0 aromatic rings. The first-order valence-electron chi connectivity index (χ1n) is 11.5. The summed E-state index contributed by atoms with van der Waals surface area (Å²) >= 11 is 0. The van der Waals surface area contributed by atoms with Crippen LogP contribution in [0.3, 0.4) is 0 Å². The molecule has 4 heteroatoms. The summed E-state index contributed by atoms with van der Waals surface area (Å²) in [6.45, 7) is 14.8. The fourth-order valence-corrected chi connectivity index (χ4v) is 6.53. The molecule has 2 aliphatic carbocycles. The predicted molar refractivity (Wildman–Crippen MR) is 120 cm³/mol. The van der Waals surface area contributed by atoms with Crippen LogP contribution in [0.2, 0.25) is 0 Å². The summed E-state index contributed by atoms with van der Waals surface area (Å²) in [4.78, 5) is 26.7. The molecule has 0 saturated heterocycles. The normalized spacial score (nSPS) is 39.4. The van der Waals surface area contributed by atoms with Crippen molar-refractivity contribution >= 4 is 11.7 Å². The van der Waals surface area contributed by atoms with E-state index in [1.807, 2.05) is 20.8 Å². The van der Waals surface area contributed by atoms with Gasteiger partial charge in [0.15, 0.2) is 11.5 Å². The van der Waals surface area contributed by atoms with Gasteiger partial charge in [0.25, 0.3) is 5.91 Å². The first-order chi connectivity index (χ1) is 13.9. The number of rotatable bonds is 5. The van der Waals surface area contributed by atoms with Gasteiger partial charge in [-0.15, -0.1) is 0 Å². The third kappa shape index (κ3) is 4.08. The van der Waals surface area contributed by atoms with Crippen molar-refractivity contribution in [3.05, 3.63) is 34.9 Å². The molecule has 4 nitrogen and oxygen atoms in total. The van der Waals surface area contributed by atoms with Crippen LogP contribution in [0.5, 0.6) is 0 Å². The highest BCUT2D eigenvalue weighted by Crippen LogP contribution is 2.56. The number of fused-ring (bicyclic) bond motifs is 1. The Morgan fingerprint density at radius 3 is 2.60 bits per heavy atom. The van der Waals surface area contributed by atoms with Gasteiger partial charge < -0.3 is 10.4 Å². The number of allylic oxidation sites excluding steroid dienone is 4. The zero-order valence-corrected chi connectivity index (χ0v) is 19.7. The number of ketones is 1. The first kappa shape index (κ1) is 23.0. The van der Waals surface area contributed by atoms with Gasteiger partial charge in [0.2, 0.25) is 0 Å². The van der Waals surface area contributed by atoms with E-state index in [-0.39, 0.29) is 40.4 Å². The number of carbonyl (C=O) groups is 2. The van der Waals surface area contributed by atoms with E-state index >= 15 is 0 Å². The lowest BCUT2D eigenvalue weighted by Gasteiger charge is -2.52. The van der Waals surface area contributed by atoms with Gasteiger partial charge in [-0.05, 0) is 62.9 Å². The standard InChI is InChI=1S/C26H39NO3/c1-8-17(5)21-18(6)13-25(7)12-16(4)9-10-20(25)22(21)23(28)19-14-26(30,11-15(2)3)27-24(19)29/h8,13-16,20-22,30H,9-12H2,1-7H3,(H,27,29)/b17-8+. The van der Waals surface area contributed by atoms with Crippen molar-refractivity contribution in [2.24, 2.45) is 35.0 Å². The Kier molecular flexibility index (Phi) is 6.21. The number of amides is 1. The van der Waals surface area contributed by atoms with Gasteiger partial charge in [-0.2, -0.15) is 0 Å². The highest BCUT2D eigenvalue weighted by Gasteiger charge is 2.52. The van der Waals surface area contributed by atoms with E-state index in [4.69, 9.17) is 0 Å². The number of hydrogen-bond donors (Lipinski definition) is 2. The average molecular weight is 414 g/mol. The fourth-order valence-electron chi connectivity index (χ4n) is 6.53. The van der Waals surface area contributed by atoms with Crippen LogP contribution in [0.15, 0.2) is 34.9 Å². The highest BCUT2D eigenvalue weighted by molar-refractivity contribution is 6.22. The van der Waals surface area contributed by atoms with Gasteiger partial charge in [0, 0.05) is 18.3 Å². The molecule has 1 amide bonds. The minimum absolute atomic E-state index is 0.0153. The van der Waals surface area contributed by atoms with E-state index < -0.39 is 11.6 Å². The van der Waals surface area contributed by atoms with Crippen LogP contribution in [0.4, 0.5) is 0 Å². The van der Waals surface area contributed by atoms with Gasteiger partial charge in [-0.3, -0.25) is 9.59 Å². The SMILES string of the molecule is C/C=C(\C)C1C(C)=CC2(C)CC(C)CCC2C1C(=O)C1=CC(O)(CC(C)C)NC1=O. The van der Waals surface area contributed by atoms with Crippen molar-refractivity contribution in [1.29, 1.82) is 0 Å². The van der Waals surface area contributed by atoms with Crippen molar-refractivity contribution < 1.29 is 14.7 Å². The lowest BCUT2D eigenvalue weighted by Crippen LogP contribution is -2.48. The summed E-state index contributed by atoms with van der Waals surface area (Å²) in [6, 6.07) is 0. The Bertz CT molecular complexity index is 820. The molecule has 0 aromatic carbocycles. The summed E-state index contributed by atoms with van der Waals surface area (Å²) in [7, 11) is 0. The van der Waals surface area contributed by atoms with E-state index in [0.29, 0.717) is 12.3 Å². The zero-order valence-electron chi connectivity index (χ0n) is 19.7. The molecule has 3 aliphatic rings. The molecular weight excluding hydrogens is 374 g/mol. The molecule has 0 radical (unpaired) electrons. The minimum Gasteiger partial charge on any atom is -0.367 e. The molecule has 6 atom stereocenters. The smallest absolute Gasteiger partial charge is 0.257 e. The quantitative estimate of drug-likeness (QED) is 0.495. The van der Waals surface area contributed by atoms with Gasteiger partial charge >= 0.3 is 0 Å². The number of carbonyl (C=O) groups excluding carboxylic acids is 2. The number of nitrogens with one attached hydrogen (secondary N) is 1. The second-order valence-corrected chi connectivity index (χ2v) is 10.8. The molecule has 1 saturated carbocycles. The summed E-state index contributed by atoms with van der Waals surface area (Å²) in [6.07, 6.45) is 9.58. The lowest BCUT2D eigenvalue weighted by atomic mass is 9.52. The third-order valence-corrected chi connectivity index (χ3v) is 7.64. The molecule has 3 rings (SSSR count). The second kappa shape index (κ2) is 8.11. The topological polar surface area (TPSA) is 66.4 Å². The van der Waals surface area contributed by atoms with Crippen molar-refractivity contribution in [1.82, 2.24) is 5.32 Å². The molecular formula is C26H39NO3. The van der Waals surface area contributed by atoms with Crippen molar-refractivity contribution in [3.8, 4) is 0 Å².